The summed E-state index contributed by atoms with van der Waals surface area (Å²) in [6, 6.07) is 0. The maximum Gasteiger partial charge on any atom is 0.287 e. The van der Waals surface area contributed by atoms with Crippen LogP contribution in [0.5, 0.6) is 0 Å². The molecule has 0 aromatic heterocycles. The Bertz CT molecular complexity index is 740. The van der Waals surface area contributed by atoms with Gasteiger partial charge in [-0.05, 0) is 31.8 Å². The molecule has 0 bridgehead atoms. The molecule has 2 saturated carbocycles. The normalized spacial score (nSPS) is 33.4. The van der Waals surface area contributed by atoms with Crippen LogP contribution >= 0.6 is 0 Å². The second kappa shape index (κ2) is 9.44. The van der Waals surface area contributed by atoms with Crippen molar-refractivity contribution in [3.8, 4) is 0 Å². The van der Waals surface area contributed by atoms with Gasteiger partial charge in [0.15, 0.2) is 24.7 Å². The summed E-state index contributed by atoms with van der Waals surface area (Å²) in [7, 11) is 0. The van der Waals surface area contributed by atoms with Crippen molar-refractivity contribution in [1.29, 1.82) is 0 Å². The molecule has 172 valence electrons. The molecule has 2 aliphatic carbocycles. The summed E-state index contributed by atoms with van der Waals surface area (Å²) in [5.41, 5.74) is 0.351. The van der Waals surface area contributed by atoms with Crippen LogP contribution in [-0.4, -0.2) is 50.9 Å². The number of aliphatic hydroxyl groups excluding tert-OH is 4. The van der Waals surface area contributed by atoms with Gasteiger partial charge in [-0.15, -0.1) is 0 Å². The summed E-state index contributed by atoms with van der Waals surface area (Å²) < 4.78 is 22.6. The first-order valence-corrected chi connectivity index (χ1v) is 11.2. The highest BCUT2D eigenvalue weighted by molar-refractivity contribution is 5.28. The molecule has 2 aliphatic heterocycles. The van der Waals surface area contributed by atoms with Crippen molar-refractivity contribution in [1.82, 2.24) is 0 Å². The zero-order chi connectivity index (χ0) is 21.9. The van der Waals surface area contributed by atoms with Crippen LogP contribution in [-0.2, 0) is 18.9 Å². The molecule has 3 fully saturated rings. The molecule has 0 aromatic carbocycles. The molecule has 4 rings (SSSR count). The number of rotatable bonds is 3. The van der Waals surface area contributed by atoms with E-state index in [1.165, 1.54) is 12.2 Å². The van der Waals surface area contributed by atoms with Crippen LogP contribution in [0.1, 0.15) is 64.2 Å². The van der Waals surface area contributed by atoms with Crippen LogP contribution in [0.15, 0.2) is 47.5 Å². The van der Waals surface area contributed by atoms with Gasteiger partial charge in [0.2, 0.25) is 5.79 Å². The van der Waals surface area contributed by atoms with Crippen molar-refractivity contribution in [3.05, 3.63) is 47.5 Å². The number of hydrogen-bond acceptors (Lipinski definition) is 8. The first-order valence-electron chi connectivity index (χ1n) is 11.2. The van der Waals surface area contributed by atoms with Crippen molar-refractivity contribution in [2.75, 3.05) is 0 Å². The smallest absolute Gasteiger partial charge is 0.287 e. The van der Waals surface area contributed by atoms with Crippen LogP contribution < -0.4 is 0 Å². The van der Waals surface area contributed by atoms with Gasteiger partial charge in [-0.3, -0.25) is 0 Å². The molecule has 2 spiro atoms. The Kier molecular flexibility index (Phi) is 6.86. The van der Waals surface area contributed by atoms with Crippen molar-refractivity contribution < 1.29 is 39.4 Å². The molecule has 4 N–H and O–H groups in total. The van der Waals surface area contributed by atoms with Crippen molar-refractivity contribution in [2.45, 2.75) is 94.7 Å². The Hall–Kier alpha value is -1.68. The van der Waals surface area contributed by atoms with E-state index in [9.17, 15) is 20.4 Å². The third-order valence-corrected chi connectivity index (χ3v) is 6.36. The van der Waals surface area contributed by atoms with E-state index in [2.05, 4.69) is 0 Å². The second-order valence-electron chi connectivity index (χ2n) is 8.63. The van der Waals surface area contributed by atoms with E-state index < -0.39 is 30.4 Å². The second-order valence-corrected chi connectivity index (χ2v) is 8.63. The van der Waals surface area contributed by atoms with E-state index >= 15 is 0 Å². The van der Waals surface area contributed by atoms with Crippen molar-refractivity contribution >= 4 is 0 Å². The molecule has 3 atom stereocenters. The highest BCUT2D eigenvalue weighted by Crippen LogP contribution is 2.41. The molecule has 4 aliphatic rings. The quantitative estimate of drug-likeness (QED) is 0.499. The van der Waals surface area contributed by atoms with Crippen molar-refractivity contribution in [3.63, 3.8) is 0 Å². The van der Waals surface area contributed by atoms with E-state index in [0.717, 1.165) is 38.5 Å². The number of aliphatic hydroxyl groups is 4. The van der Waals surface area contributed by atoms with Crippen LogP contribution in [0.2, 0.25) is 0 Å². The Balaban J connectivity index is 1.37. The molecule has 0 radical (unpaired) electrons. The topological polar surface area (TPSA) is 118 Å². The van der Waals surface area contributed by atoms with Gasteiger partial charge >= 0.3 is 0 Å². The summed E-state index contributed by atoms with van der Waals surface area (Å²) in [4.78, 5) is 0. The van der Waals surface area contributed by atoms with Crippen molar-refractivity contribution in [2.24, 2.45) is 0 Å². The zero-order valence-corrected chi connectivity index (χ0v) is 17.6. The third kappa shape index (κ3) is 5.05. The molecule has 8 heteroatoms. The Morgan fingerprint density at radius 1 is 0.677 bits per heavy atom. The summed E-state index contributed by atoms with van der Waals surface area (Å²) in [5, 5.41) is 41.2. The van der Waals surface area contributed by atoms with E-state index in [1.807, 2.05) is 0 Å². The fraction of sp³-hybridized carbons (Fsp3) is 0.652. The van der Waals surface area contributed by atoms with Gasteiger partial charge in [-0.25, -0.2) is 0 Å². The Morgan fingerprint density at radius 3 is 1.81 bits per heavy atom. The standard InChI is InChI=1S/C23H32O8/c24-18-16(19(25)29-22(28-18)12-6-2-7-13-22)10-4-1-5-11-17-20(26)30-23(31-21(17)27)14-8-3-9-15-23/h1,4-5,10-11,18-20,24-27H,2-3,6-9,12-15H2/b4-1+,11-5+,16-10?. The maximum absolute atomic E-state index is 10.3. The third-order valence-electron chi connectivity index (χ3n) is 6.36. The predicted molar refractivity (Wildman–Crippen MR) is 110 cm³/mol. The highest BCUT2D eigenvalue weighted by Gasteiger charge is 2.45. The average Bonchev–Trinajstić information content (AvgIpc) is 2.72. The van der Waals surface area contributed by atoms with Gasteiger partial charge in [0, 0.05) is 31.3 Å². The minimum absolute atomic E-state index is 0.136. The van der Waals surface area contributed by atoms with Crippen LogP contribution in [0.4, 0.5) is 0 Å². The lowest BCUT2D eigenvalue weighted by Crippen LogP contribution is -2.51. The summed E-state index contributed by atoms with van der Waals surface area (Å²) in [6.07, 6.45) is 12.5. The summed E-state index contributed by atoms with van der Waals surface area (Å²) in [6.45, 7) is 0. The number of ether oxygens (including phenoxy) is 4. The van der Waals surface area contributed by atoms with Crippen LogP contribution in [0.25, 0.3) is 0 Å². The minimum atomic E-state index is -1.27. The fourth-order valence-electron chi connectivity index (χ4n) is 4.67. The Labute approximate surface area is 182 Å². The summed E-state index contributed by atoms with van der Waals surface area (Å²) >= 11 is 0. The minimum Gasteiger partial charge on any atom is -0.481 e. The van der Waals surface area contributed by atoms with Gasteiger partial charge in [0.1, 0.15) is 0 Å². The van der Waals surface area contributed by atoms with E-state index in [0.29, 0.717) is 25.7 Å². The van der Waals surface area contributed by atoms with E-state index in [-0.39, 0.29) is 17.1 Å². The lowest BCUT2D eigenvalue weighted by atomic mass is 9.93. The highest BCUT2D eigenvalue weighted by atomic mass is 16.8. The molecular weight excluding hydrogens is 404 g/mol. The first-order chi connectivity index (χ1) is 14.9. The molecule has 8 nitrogen and oxygen atoms in total. The van der Waals surface area contributed by atoms with E-state index in [1.54, 1.807) is 18.2 Å². The van der Waals surface area contributed by atoms with Gasteiger partial charge in [-0.1, -0.05) is 37.1 Å². The molecule has 0 amide bonds. The number of allylic oxidation sites excluding steroid dienone is 4. The monoisotopic (exact) mass is 436 g/mol. The molecule has 1 saturated heterocycles. The van der Waals surface area contributed by atoms with Crippen LogP contribution in [0.3, 0.4) is 0 Å². The summed E-state index contributed by atoms with van der Waals surface area (Å²) in [5.74, 6) is -2.18. The van der Waals surface area contributed by atoms with Gasteiger partial charge in [0.05, 0.1) is 5.57 Å². The molecular formula is C23H32O8. The predicted octanol–water partition coefficient (Wildman–Crippen LogP) is 3.16. The molecule has 31 heavy (non-hydrogen) atoms. The fourth-order valence-corrected chi connectivity index (χ4v) is 4.67. The number of hydrogen-bond donors (Lipinski definition) is 4. The van der Waals surface area contributed by atoms with E-state index in [4.69, 9.17) is 18.9 Å². The lowest BCUT2D eigenvalue weighted by molar-refractivity contribution is -0.370. The largest absolute Gasteiger partial charge is 0.481 e. The first kappa shape index (κ1) is 22.5. The zero-order valence-electron chi connectivity index (χ0n) is 17.6. The maximum atomic E-state index is 10.3. The van der Waals surface area contributed by atoms with Crippen LogP contribution in [0, 0.1) is 0 Å². The Morgan fingerprint density at radius 2 is 1.23 bits per heavy atom. The molecule has 3 unspecified atom stereocenters. The van der Waals surface area contributed by atoms with Gasteiger partial charge in [-0.2, -0.15) is 0 Å². The molecule has 2 heterocycles. The SMILES string of the molecule is OC1=C(/C=C/C=C/C=C2C(O)OC3(CCCCC3)OC2O)C(O)OC2(CCCCC2)O1. The molecule has 0 aromatic rings. The van der Waals surface area contributed by atoms with Gasteiger partial charge < -0.3 is 39.4 Å². The van der Waals surface area contributed by atoms with Gasteiger partial charge in [0.25, 0.3) is 5.95 Å². The average molecular weight is 437 g/mol. The lowest BCUT2D eigenvalue weighted by Gasteiger charge is -2.44.